The van der Waals surface area contributed by atoms with Crippen LogP contribution in [0.4, 0.5) is 0 Å². The zero-order chi connectivity index (χ0) is 14.0. The maximum atomic E-state index is 11.9. The van der Waals surface area contributed by atoms with Crippen LogP contribution < -0.4 is 0 Å². The van der Waals surface area contributed by atoms with Gasteiger partial charge in [0.2, 0.25) is 0 Å². The Labute approximate surface area is 127 Å². The SMILES string of the molecule is CCOC(=O)Cc1oc2ccc(I)cc2c1S(C)=O. The second kappa shape index (κ2) is 6.04. The standard InChI is InChI=1S/C13H13IO4S/c1-3-17-12(15)7-11-13(19(2)16)9-6-8(14)4-5-10(9)18-11/h4-6H,3,7H2,1-2H3. The average Bonchev–Trinajstić information content (AvgIpc) is 2.66. The highest BCUT2D eigenvalue weighted by Crippen LogP contribution is 2.30. The lowest BCUT2D eigenvalue weighted by molar-refractivity contribution is -0.142. The first-order valence-electron chi connectivity index (χ1n) is 5.73. The van der Waals surface area contributed by atoms with Crippen LogP contribution in [0, 0.1) is 3.57 Å². The molecule has 102 valence electrons. The Morgan fingerprint density at radius 1 is 1.47 bits per heavy atom. The van der Waals surface area contributed by atoms with Gasteiger partial charge in [0.15, 0.2) is 0 Å². The van der Waals surface area contributed by atoms with E-state index in [1.54, 1.807) is 13.2 Å². The van der Waals surface area contributed by atoms with E-state index in [2.05, 4.69) is 22.6 Å². The van der Waals surface area contributed by atoms with Gasteiger partial charge in [0, 0.05) is 15.2 Å². The van der Waals surface area contributed by atoms with Gasteiger partial charge in [-0.3, -0.25) is 9.00 Å². The van der Waals surface area contributed by atoms with E-state index >= 15 is 0 Å². The van der Waals surface area contributed by atoms with E-state index in [4.69, 9.17) is 9.15 Å². The van der Waals surface area contributed by atoms with Crippen molar-refractivity contribution in [3.8, 4) is 0 Å². The average molecular weight is 392 g/mol. The molecule has 1 aromatic carbocycles. The van der Waals surface area contributed by atoms with Gasteiger partial charge in [-0.25, -0.2) is 0 Å². The summed E-state index contributed by atoms with van der Waals surface area (Å²) in [6.07, 6.45) is 1.59. The van der Waals surface area contributed by atoms with Gasteiger partial charge in [-0.2, -0.15) is 0 Å². The van der Waals surface area contributed by atoms with Crippen molar-refractivity contribution in [1.29, 1.82) is 0 Å². The first-order valence-corrected chi connectivity index (χ1v) is 8.36. The lowest BCUT2D eigenvalue weighted by atomic mass is 10.2. The number of carbonyl (C=O) groups is 1. The lowest BCUT2D eigenvalue weighted by Gasteiger charge is -2.01. The van der Waals surface area contributed by atoms with E-state index in [1.807, 2.05) is 18.2 Å². The first-order chi connectivity index (χ1) is 9.02. The molecule has 2 aromatic rings. The molecule has 0 bridgehead atoms. The molecule has 0 N–H and O–H groups in total. The van der Waals surface area contributed by atoms with Gasteiger partial charge in [-0.1, -0.05) is 0 Å². The summed E-state index contributed by atoms with van der Waals surface area (Å²) in [4.78, 5) is 12.1. The van der Waals surface area contributed by atoms with Crippen molar-refractivity contribution in [3.05, 3.63) is 27.5 Å². The monoisotopic (exact) mass is 392 g/mol. The number of ether oxygens (including phenoxy) is 1. The number of hydrogen-bond donors (Lipinski definition) is 0. The Bertz CT molecular complexity index is 647. The summed E-state index contributed by atoms with van der Waals surface area (Å²) in [6.45, 7) is 2.07. The largest absolute Gasteiger partial charge is 0.466 e. The highest BCUT2D eigenvalue weighted by atomic mass is 127. The van der Waals surface area contributed by atoms with E-state index < -0.39 is 10.8 Å². The molecular formula is C13H13IO4S. The Balaban J connectivity index is 2.51. The molecule has 0 aliphatic rings. The summed E-state index contributed by atoms with van der Waals surface area (Å²) in [5.41, 5.74) is 0.643. The molecule has 0 amide bonds. The third-order valence-electron chi connectivity index (χ3n) is 2.57. The zero-order valence-electron chi connectivity index (χ0n) is 10.6. The minimum Gasteiger partial charge on any atom is -0.466 e. The predicted octanol–water partition coefficient (Wildman–Crippen LogP) is 2.88. The van der Waals surface area contributed by atoms with Crippen molar-refractivity contribution in [2.24, 2.45) is 0 Å². The van der Waals surface area contributed by atoms with Crippen molar-refractivity contribution < 1.29 is 18.2 Å². The van der Waals surface area contributed by atoms with Crippen LogP contribution in [0.1, 0.15) is 12.7 Å². The molecule has 0 spiro atoms. The minimum atomic E-state index is -1.22. The van der Waals surface area contributed by atoms with Crippen LogP contribution in [-0.4, -0.2) is 23.0 Å². The Kier molecular flexibility index (Phi) is 4.62. The van der Waals surface area contributed by atoms with Gasteiger partial charge in [0.1, 0.15) is 17.8 Å². The normalized spacial score (nSPS) is 12.6. The quantitative estimate of drug-likeness (QED) is 0.593. The van der Waals surface area contributed by atoms with E-state index in [-0.39, 0.29) is 12.4 Å². The van der Waals surface area contributed by atoms with Gasteiger partial charge < -0.3 is 9.15 Å². The number of halogens is 1. The van der Waals surface area contributed by atoms with E-state index in [9.17, 15) is 9.00 Å². The minimum absolute atomic E-state index is 0.00795. The molecule has 0 radical (unpaired) electrons. The third-order valence-corrected chi connectivity index (χ3v) is 4.26. The highest BCUT2D eigenvalue weighted by Gasteiger charge is 2.20. The van der Waals surface area contributed by atoms with E-state index in [0.29, 0.717) is 22.8 Å². The van der Waals surface area contributed by atoms with Crippen molar-refractivity contribution in [2.45, 2.75) is 18.2 Å². The molecule has 1 aromatic heterocycles. The van der Waals surface area contributed by atoms with Gasteiger partial charge in [-0.05, 0) is 47.7 Å². The molecule has 0 saturated heterocycles. The number of rotatable bonds is 4. The summed E-state index contributed by atoms with van der Waals surface area (Å²) in [5, 5.41) is 0.798. The number of benzene rings is 1. The van der Waals surface area contributed by atoms with Crippen molar-refractivity contribution in [1.82, 2.24) is 0 Å². The van der Waals surface area contributed by atoms with Crippen LogP contribution in [0.3, 0.4) is 0 Å². The molecule has 2 rings (SSSR count). The van der Waals surface area contributed by atoms with Gasteiger partial charge in [0.25, 0.3) is 0 Å². The summed E-state index contributed by atoms with van der Waals surface area (Å²) >= 11 is 2.18. The molecule has 4 nitrogen and oxygen atoms in total. The topological polar surface area (TPSA) is 56.5 Å². The second-order valence-electron chi connectivity index (χ2n) is 3.93. The number of furan rings is 1. The molecule has 19 heavy (non-hydrogen) atoms. The molecule has 1 heterocycles. The predicted molar refractivity (Wildman–Crippen MR) is 81.6 cm³/mol. The van der Waals surface area contributed by atoms with Crippen molar-refractivity contribution in [2.75, 3.05) is 12.9 Å². The fourth-order valence-corrected chi connectivity index (χ4v) is 3.27. The maximum Gasteiger partial charge on any atom is 0.313 e. The Morgan fingerprint density at radius 3 is 2.84 bits per heavy atom. The van der Waals surface area contributed by atoms with E-state index in [0.717, 1.165) is 8.96 Å². The number of carbonyl (C=O) groups excluding carboxylic acids is 1. The molecule has 0 fully saturated rings. The summed E-state index contributed by atoms with van der Waals surface area (Å²) in [7, 11) is -1.22. The van der Waals surface area contributed by atoms with Crippen LogP contribution in [0.25, 0.3) is 11.0 Å². The smallest absolute Gasteiger partial charge is 0.313 e. The molecule has 6 heteroatoms. The van der Waals surface area contributed by atoms with E-state index in [1.165, 1.54) is 0 Å². The molecule has 0 aliphatic heterocycles. The zero-order valence-corrected chi connectivity index (χ0v) is 13.5. The number of esters is 1. The summed E-state index contributed by atoms with van der Waals surface area (Å²) < 4.78 is 23.5. The van der Waals surface area contributed by atoms with Crippen LogP contribution in [0.5, 0.6) is 0 Å². The fraction of sp³-hybridized carbons (Fsp3) is 0.308. The van der Waals surface area contributed by atoms with Crippen LogP contribution in [0.15, 0.2) is 27.5 Å². The van der Waals surface area contributed by atoms with Crippen LogP contribution >= 0.6 is 22.6 Å². The highest BCUT2D eigenvalue weighted by molar-refractivity contribution is 14.1. The van der Waals surface area contributed by atoms with Gasteiger partial charge >= 0.3 is 5.97 Å². The summed E-state index contributed by atoms with van der Waals surface area (Å²) in [5.74, 6) is 0.0548. The summed E-state index contributed by atoms with van der Waals surface area (Å²) in [6, 6.07) is 5.63. The Morgan fingerprint density at radius 2 is 2.21 bits per heavy atom. The third kappa shape index (κ3) is 3.17. The first kappa shape index (κ1) is 14.5. The lowest BCUT2D eigenvalue weighted by Crippen LogP contribution is -2.08. The number of fused-ring (bicyclic) bond motifs is 1. The molecule has 1 atom stereocenters. The molecule has 1 unspecified atom stereocenters. The van der Waals surface area contributed by atoms with Crippen LogP contribution in [-0.2, 0) is 26.8 Å². The fourth-order valence-electron chi connectivity index (χ4n) is 1.87. The second-order valence-corrected chi connectivity index (χ2v) is 6.49. The van der Waals surface area contributed by atoms with Gasteiger partial charge in [-0.15, -0.1) is 0 Å². The van der Waals surface area contributed by atoms with Crippen LogP contribution in [0.2, 0.25) is 0 Å². The molecule has 0 saturated carbocycles. The molecular weight excluding hydrogens is 379 g/mol. The Hall–Kier alpha value is -0.890. The van der Waals surface area contributed by atoms with Gasteiger partial charge in [0.05, 0.1) is 22.3 Å². The number of hydrogen-bond acceptors (Lipinski definition) is 4. The maximum absolute atomic E-state index is 11.9. The van der Waals surface area contributed by atoms with Crippen molar-refractivity contribution >= 4 is 50.3 Å². The van der Waals surface area contributed by atoms with Crippen molar-refractivity contribution in [3.63, 3.8) is 0 Å². The molecule has 0 aliphatic carbocycles.